The predicted octanol–water partition coefficient (Wildman–Crippen LogP) is 0.705. The van der Waals surface area contributed by atoms with Crippen molar-refractivity contribution in [1.29, 1.82) is 0 Å². The van der Waals surface area contributed by atoms with Crippen LogP contribution < -0.4 is 17.0 Å². The summed E-state index contributed by atoms with van der Waals surface area (Å²) in [7, 11) is -2.81. The third-order valence-corrected chi connectivity index (χ3v) is 11.3. The van der Waals surface area contributed by atoms with E-state index in [2.05, 4.69) is 6.92 Å². The first-order valence-corrected chi connectivity index (χ1v) is 18.8. The van der Waals surface area contributed by atoms with Crippen molar-refractivity contribution in [3.05, 3.63) is 29.8 Å². The van der Waals surface area contributed by atoms with Gasteiger partial charge in [0, 0.05) is 7.11 Å². The van der Waals surface area contributed by atoms with E-state index in [1.165, 1.54) is 127 Å². The Bertz CT molecular complexity index is 1070. The van der Waals surface area contributed by atoms with Gasteiger partial charge >= 0.3 is 0 Å². The number of quaternary nitrogens is 2. The number of benzene rings is 1. The molecule has 1 aromatic rings. The fourth-order valence-electron chi connectivity index (χ4n) is 7.19. The maximum absolute atomic E-state index is 10.5. The summed E-state index contributed by atoms with van der Waals surface area (Å²) >= 11 is 0. The van der Waals surface area contributed by atoms with E-state index in [4.69, 9.17) is 9.47 Å². The van der Waals surface area contributed by atoms with E-state index in [1.807, 2.05) is 6.92 Å². The molecule has 46 heavy (non-hydrogen) atoms. The van der Waals surface area contributed by atoms with Gasteiger partial charge in [-0.25, -0.2) is 8.42 Å². The van der Waals surface area contributed by atoms with Crippen molar-refractivity contribution in [2.45, 2.75) is 126 Å². The highest BCUT2D eigenvalue weighted by Crippen LogP contribution is 2.31. The normalized spacial score (nSPS) is 30.7. The Kier molecular flexibility index (Phi) is 18.1. The molecule has 10 nitrogen and oxygen atoms in total. The highest BCUT2D eigenvalue weighted by molar-refractivity contribution is 7.85. The lowest BCUT2D eigenvalue weighted by Crippen LogP contribution is -3.00. The molecule has 4 fully saturated rings. The van der Waals surface area contributed by atoms with Crippen molar-refractivity contribution < 1.29 is 63.7 Å². The number of ether oxygens (including phenoxy) is 2. The zero-order valence-electron chi connectivity index (χ0n) is 28.4. The lowest BCUT2D eigenvalue weighted by Gasteiger charge is -2.57. The third-order valence-electron chi connectivity index (χ3n) is 10.4. The van der Waals surface area contributed by atoms with Crippen LogP contribution >= 0.6 is 0 Å². The Morgan fingerprint density at radius 1 is 0.761 bits per heavy atom. The summed E-state index contributed by atoms with van der Waals surface area (Å²) in [6, 6.07) is 5.78. The summed E-state index contributed by atoms with van der Waals surface area (Å²) < 4.78 is 44.4. The molecule has 0 spiro atoms. The van der Waals surface area contributed by atoms with Gasteiger partial charge in [0.2, 0.25) is 0 Å². The second-order valence-electron chi connectivity index (χ2n) is 13.8. The number of hydrogen-bond acceptors (Lipinski definition) is 8. The molecule has 4 saturated heterocycles. The summed E-state index contributed by atoms with van der Waals surface area (Å²) in [5.74, 6) is 0. The maximum Gasteiger partial charge on any atom is 0.186 e. The van der Waals surface area contributed by atoms with Crippen molar-refractivity contribution >= 4 is 10.1 Å². The summed E-state index contributed by atoms with van der Waals surface area (Å²) in [5.41, 5.74) is 0.928. The number of aliphatic hydroxyl groups is 3. The van der Waals surface area contributed by atoms with E-state index in [9.17, 15) is 28.3 Å². The summed E-state index contributed by atoms with van der Waals surface area (Å²) in [6.07, 6.45) is 11.9. The SMILES string of the molecule is CCCCCCCCCCCCCC[N+]12CC[N+](C[C@H]3O[C@H](OC)[C@H](O)[C@@H](O)[C@@H]3O)(CC1)CC2.Cc1ccc(S(=O)(=O)[O-])cc1.[Br-]. The fraction of sp³-hybridized carbons (Fsp3) is 0.824. The number of aliphatic hydroxyl groups excluding tert-OH is 3. The molecule has 1 aromatic carbocycles. The van der Waals surface area contributed by atoms with E-state index in [0.29, 0.717) is 6.54 Å². The van der Waals surface area contributed by atoms with Gasteiger partial charge in [0.1, 0.15) is 80.3 Å². The molecule has 0 aromatic heterocycles. The van der Waals surface area contributed by atoms with E-state index in [1.54, 1.807) is 12.1 Å². The van der Waals surface area contributed by atoms with E-state index >= 15 is 0 Å². The highest BCUT2D eigenvalue weighted by atomic mass is 79.9. The van der Waals surface area contributed by atoms with Crippen molar-refractivity contribution in [3.8, 4) is 0 Å². The summed E-state index contributed by atoms with van der Waals surface area (Å²) in [4.78, 5) is -0.178. The number of unbranched alkanes of at least 4 members (excludes halogenated alkanes) is 11. The lowest BCUT2D eigenvalue weighted by molar-refractivity contribution is -1.08. The average Bonchev–Trinajstić information content (AvgIpc) is 3.03. The smallest absolute Gasteiger partial charge is 0.186 e. The average molecular weight is 738 g/mol. The van der Waals surface area contributed by atoms with Gasteiger partial charge in [0.05, 0.1) is 11.4 Å². The summed E-state index contributed by atoms with van der Waals surface area (Å²) in [6.45, 7) is 13.1. The minimum atomic E-state index is -4.27. The topological polar surface area (TPSA) is 136 Å². The van der Waals surface area contributed by atoms with Crippen molar-refractivity contribution in [2.75, 3.05) is 59.5 Å². The molecular weight excluding hydrogens is 676 g/mol. The Labute approximate surface area is 288 Å². The van der Waals surface area contributed by atoms with Crippen LogP contribution in [0.3, 0.4) is 0 Å². The zero-order valence-corrected chi connectivity index (χ0v) is 30.8. The monoisotopic (exact) mass is 736 g/mol. The first-order valence-electron chi connectivity index (χ1n) is 17.4. The molecular formula is C34H61BrN2O8S. The molecule has 5 atom stereocenters. The number of fused-ring (bicyclic) bond motifs is 3. The first kappa shape index (κ1) is 41.5. The van der Waals surface area contributed by atoms with E-state index < -0.39 is 40.8 Å². The Morgan fingerprint density at radius 2 is 1.22 bits per heavy atom. The predicted molar refractivity (Wildman–Crippen MR) is 173 cm³/mol. The minimum absolute atomic E-state index is 0. The number of hydrogen-bond donors (Lipinski definition) is 3. The molecule has 12 heteroatoms. The van der Waals surface area contributed by atoms with Gasteiger partial charge in [0.25, 0.3) is 0 Å². The van der Waals surface area contributed by atoms with Crippen LogP contribution in [0.15, 0.2) is 29.2 Å². The fourth-order valence-corrected chi connectivity index (χ4v) is 7.66. The number of nitrogens with zero attached hydrogens (tertiary/aromatic N) is 2. The largest absolute Gasteiger partial charge is 1.00 e. The molecule has 0 radical (unpaired) electrons. The maximum atomic E-state index is 10.5. The van der Waals surface area contributed by atoms with Crippen LogP contribution in [0.1, 0.15) is 89.5 Å². The Hall–Kier alpha value is -0.670. The van der Waals surface area contributed by atoms with Crippen LogP contribution in [0, 0.1) is 6.92 Å². The standard InChI is InChI=1S/C27H54N2O5.C7H8O3S.BrH/c1-3-4-5-6-7-8-9-10-11-12-13-14-15-28-16-19-29(20-17-28,21-18-28)22-23-24(30)25(31)26(32)27(33-2)34-23;1-6-2-4-7(5-3-6)11(8,9)10;/h23-27,30-32H,3-22H2,1-2H3;2-5H,1H3,(H,8,9,10);1H/q+2;;/p-2/t23-,24-,25+,26-,27+,28?,29?;;/m1../s1. The third kappa shape index (κ3) is 12.7. The molecule has 0 saturated carbocycles. The van der Waals surface area contributed by atoms with Crippen molar-refractivity contribution in [1.82, 2.24) is 0 Å². The van der Waals surface area contributed by atoms with Crippen LogP contribution in [0.5, 0.6) is 0 Å². The first-order chi connectivity index (χ1) is 21.4. The van der Waals surface area contributed by atoms with Crippen LogP contribution in [0.4, 0.5) is 0 Å². The van der Waals surface area contributed by atoms with Gasteiger partial charge in [-0.2, -0.15) is 0 Å². The number of rotatable bonds is 17. The van der Waals surface area contributed by atoms with Gasteiger partial charge in [-0.3, -0.25) is 0 Å². The molecule has 4 aliphatic heterocycles. The van der Waals surface area contributed by atoms with Crippen LogP contribution in [0.2, 0.25) is 0 Å². The van der Waals surface area contributed by atoms with E-state index in [0.717, 1.165) is 29.7 Å². The lowest BCUT2D eigenvalue weighted by atomic mass is 9.96. The van der Waals surface area contributed by atoms with Gasteiger partial charge in [-0.1, -0.05) is 88.8 Å². The summed E-state index contributed by atoms with van der Waals surface area (Å²) in [5, 5.41) is 30.8. The quantitative estimate of drug-likeness (QED) is 0.121. The molecule has 0 unspecified atom stereocenters. The number of aryl methyl sites for hydroxylation is 1. The number of methoxy groups -OCH3 is 1. The molecule has 4 heterocycles. The minimum Gasteiger partial charge on any atom is -1.00 e. The molecule has 5 rings (SSSR count). The molecule has 4 aliphatic rings. The second-order valence-corrected chi connectivity index (χ2v) is 15.2. The van der Waals surface area contributed by atoms with Crippen LogP contribution in [-0.4, -0.2) is 127 Å². The Morgan fingerprint density at radius 3 is 1.67 bits per heavy atom. The molecule has 2 bridgehead atoms. The van der Waals surface area contributed by atoms with Crippen molar-refractivity contribution in [2.24, 2.45) is 0 Å². The van der Waals surface area contributed by atoms with Crippen LogP contribution in [-0.2, 0) is 19.6 Å². The van der Waals surface area contributed by atoms with Gasteiger partial charge in [-0.05, 0) is 31.9 Å². The number of piperazine rings is 3. The molecule has 268 valence electrons. The molecule has 3 N–H and O–H groups in total. The second kappa shape index (κ2) is 20.1. The van der Waals surface area contributed by atoms with Gasteiger partial charge < -0.3 is 55.3 Å². The number of halogens is 1. The molecule has 0 amide bonds. The van der Waals surface area contributed by atoms with Gasteiger partial charge in [-0.15, -0.1) is 0 Å². The van der Waals surface area contributed by atoms with Crippen LogP contribution in [0.25, 0.3) is 0 Å². The van der Waals surface area contributed by atoms with Crippen molar-refractivity contribution in [3.63, 3.8) is 0 Å². The molecule has 0 aliphatic carbocycles. The Balaban J connectivity index is 0.000000519. The highest BCUT2D eigenvalue weighted by Gasteiger charge is 2.53. The zero-order chi connectivity index (χ0) is 32.9. The van der Waals surface area contributed by atoms with Gasteiger partial charge in [0.15, 0.2) is 6.29 Å². The van der Waals surface area contributed by atoms with E-state index in [-0.39, 0.29) is 21.9 Å².